The number of carbonyl (C=O) groups is 3. The average molecular weight is 1150 g/mol. The minimum absolute atomic E-state index is 0. The fourth-order valence-electron chi connectivity index (χ4n) is 3.17. The molecule has 0 saturated heterocycles. The van der Waals surface area contributed by atoms with Gasteiger partial charge in [0.05, 0.1) is 13.0 Å². The number of alkyl halides is 3. The lowest BCUT2D eigenvalue weighted by atomic mass is 10.0. The van der Waals surface area contributed by atoms with E-state index < -0.39 is 13.0 Å². The molecule has 15 heteroatoms. The Hall–Kier alpha value is -0.660. The topological polar surface area (TPSA) is 115 Å². The molecule has 0 heterocycles. The molecule has 0 fully saturated rings. The van der Waals surface area contributed by atoms with Gasteiger partial charge in [-0.1, -0.05) is 103 Å². The molecule has 0 aromatic heterocycles. The van der Waals surface area contributed by atoms with Crippen LogP contribution in [0.3, 0.4) is 0 Å². The Balaban J connectivity index is 0.000000472. The smallest absolute Gasteiger partial charge is 0.240 e. The first kappa shape index (κ1) is 49.4. The monoisotopic (exact) mass is 1150 g/mol. The number of halogens is 5. The fraction of sp³-hybridized carbons (Fsp3) is 0.270. The summed E-state index contributed by atoms with van der Waals surface area (Å²) in [5.41, 5.74) is 14.6. The Morgan fingerprint density at radius 3 is 1.15 bits per heavy atom. The van der Waals surface area contributed by atoms with Gasteiger partial charge in [-0.25, -0.2) is 0 Å². The summed E-state index contributed by atoms with van der Waals surface area (Å²) in [7, 11) is 6.73. The summed E-state index contributed by atoms with van der Waals surface area (Å²) in [6.07, 6.45) is 0.425. The molecule has 0 unspecified atom stereocenters. The van der Waals surface area contributed by atoms with Crippen molar-refractivity contribution in [3.05, 3.63) is 103 Å². The second kappa shape index (κ2) is 23.4. The first-order chi connectivity index (χ1) is 23.6. The maximum absolute atomic E-state index is 12.1. The lowest BCUT2D eigenvalue weighted by Gasteiger charge is -2.15. The molecule has 0 saturated carbocycles. The second-order valence-corrected chi connectivity index (χ2v) is 23.6. The third-order valence-corrected chi connectivity index (χ3v) is 13.8. The third kappa shape index (κ3) is 20.3. The molecule has 4 aromatic rings. The Morgan fingerprint density at radius 1 is 0.558 bits per heavy atom. The van der Waals surface area contributed by atoms with Gasteiger partial charge in [-0.2, -0.15) is 0 Å². The number of anilines is 3. The average Bonchev–Trinajstić information content (AvgIpc) is 3.05. The van der Waals surface area contributed by atoms with Gasteiger partial charge in [0.1, 0.15) is 0 Å². The van der Waals surface area contributed by atoms with Crippen LogP contribution in [0.15, 0.2) is 117 Å². The molecule has 0 aliphatic heterocycles. The molecule has 52 heavy (non-hydrogen) atoms. The molecule has 0 aliphatic rings. The Labute approximate surface area is 374 Å². The van der Waals surface area contributed by atoms with E-state index >= 15 is 0 Å². The highest BCUT2D eigenvalue weighted by Gasteiger charge is 2.24. The molecule has 1 amide bonds. The van der Waals surface area contributed by atoms with Crippen molar-refractivity contribution in [3.8, 4) is 0 Å². The third-order valence-electron chi connectivity index (χ3n) is 6.30. The quantitative estimate of drug-likeness (QED) is 0.0419. The van der Waals surface area contributed by atoms with Gasteiger partial charge in [-0.05, 0) is 148 Å². The molecule has 282 valence electrons. The van der Waals surface area contributed by atoms with Gasteiger partial charge < -0.3 is 16.8 Å². The molecule has 0 bridgehead atoms. The van der Waals surface area contributed by atoms with Gasteiger partial charge in [0.15, 0.2) is 5.78 Å². The predicted octanol–water partition coefficient (Wildman–Crippen LogP) is 13.2. The first-order valence-electron chi connectivity index (χ1n) is 15.3. The number of nitrogens with two attached hydrogens (primary N) is 2. The molecular weight excluding hydrogens is 1110 g/mol. The number of hydrogen-bond acceptors (Lipinski definition) is 9. The van der Waals surface area contributed by atoms with E-state index in [1.54, 1.807) is 57.0 Å². The Kier molecular flexibility index (Phi) is 22.2. The van der Waals surface area contributed by atoms with Gasteiger partial charge in [0, 0.05) is 43.1 Å². The summed E-state index contributed by atoms with van der Waals surface area (Å²) in [5, 5.41) is 2.88. The predicted molar refractivity (Wildman–Crippen MR) is 254 cm³/mol. The van der Waals surface area contributed by atoms with Crippen LogP contribution in [-0.4, -0.2) is 29.4 Å². The van der Waals surface area contributed by atoms with Crippen LogP contribution >= 0.6 is 131 Å². The van der Waals surface area contributed by atoms with E-state index in [4.69, 9.17) is 11.5 Å². The largest absolute Gasteiger partial charge is 0.399 e. The summed E-state index contributed by atoms with van der Waals surface area (Å²) in [5.74, 6) is 0.0851. The summed E-state index contributed by atoms with van der Waals surface area (Å²) in [6.45, 7) is 10.9. The minimum atomic E-state index is -0.600. The van der Waals surface area contributed by atoms with E-state index in [1.807, 2.05) is 125 Å². The summed E-state index contributed by atoms with van der Waals surface area (Å²) in [6, 6.07) is 31.5. The van der Waals surface area contributed by atoms with Crippen LogP contribution in [0.25, 0.3) is 0 Å². The van der Waals surface area contributed by atoms with Crippen LogP contribution in [0.5, 0.6) is 0 Å². The van der Waals surface area contributed by atoms with E-state index in [0.29, 0.717) is 6.42 Å². The normalized spacial score (nSPS) is 11.1. The van der Waals surface area contributed by atoms with E-state index in [9.17, 15) is 14.4 Å². The van der Waals surface area contributed by atoms with Crippen molar-refractivity contribution in [1.82, 2.24) is 0 Å². The summed E-state index contributed by atoms with van der Waals surface area (Å²) in [4.78, 5) is 39.0. The van der Waals surface area contributed by atoms with Crippen molar-refractivity contribution in [1.29, 1.82) is 0 Å². The standard InChI is InChI=1S/C21H23Br2NO2S2.C12H12N2S2.C4H6Br2O.HI/c1-20(2,22)18(25)13-14-5-9-16(10-6-14)27-28-17-11-7-15(8-12-17)24-19(26)21(3,4)23;13-9-1-5-11(6-2-9)15-16-12-7-3-10(14)4-8-12;1-4(2,6)3(5)7;/h5-12H,13H2,1-4H3,(H,24,26);1-8H,13-14H2;1-2H3;1H. The number of amides is 1. The zero-order chi connectivity index (χ0) is 38.4. The number of nitrogen functional groups attached to an aromatic ring is 2. The molecule has 6 nitrogen and oxygen atoms in total. The van der Waals surface area contributed by atoms with Crippen molar-refractivity contribution >= 4 is 164 Å². The van der Waals surface area contributed by atoms with Crippen LogP contribution in [0.2, 0.25) is 0 Å². The number of nitrogens with one attached hydrogen (secondary N) is 1. The van der Waals surface area contributed by atoms with Crippen LogP contribution in [0.4, 0.5) is 17.1 Å². The first-order valence-corrected chi connectivity index (χ1v) is 22.8. The highest BCUT2D eigenvalue weighted by Crippen LogP contribution is 2.39. The molecule has 5 N–H and O–H groups in total. The molecule has 0 aliphatic carbocycles. The van der Waals surface area contributed by atoms with Crippen molar-refractivity contribution in [3.63, 3.8) is 0 Å². The van der Waals surface area contributed by atoms with E-state index in [-0.39, 0.29) is 40.4 Å². The molecule has 4 rings (SSSR count). The number of rotatable bonds is 12. The van der Waals surface area contributed by atoms with E-state index in [1.165, 1.54) is 9.79 Å². The summed E-state index contributed by atoms with van der Waals surface area (Å²) < 4.78 is -1.53. The minimum Gasteiger partial charge on any atom is -0.399 e. The summed E-state index contributed by atoms with van der Waals surface area (Å²) >= 11 is 12.7. The zero-order valence-corrected chi connectivity index (χ0v) is 41.3. The number of Topliss-reactive ketones (excluding diaryl/α,β-unsaturated/α-hetero) is 1. The van der Waals surface area contributed by atoms with Crippen LogP contribution in [0.1, 0.15) is 47.1 Å². The molecule has 0 atom stereocenters. The lowest BCUT2D eigenvalue weighted by molar-refractivity contribution is -0.120. The molecular formula is C37H42Br4IN3O3S4. The van der Waals surface area contributed by atoms with Crippen molar-refractivity contribution in [2.45, 2.75) is 80.5 Å². The van der Waals surface area contributed by atoms with Crippen LogP contribution in [-0.2, 0) is 20.8 Å². The van der Waals surface area contributed by atoms with E-state index in [0.717, 1.165) is 32.4 Å². The SMILES string of the molecule is CC(C)(Br)C(=O)Br.CC(C)(Br)C(=O)Cc1ccc(SSc2ccc(NC(=O)C(C)(C)Br)cc2)cc1.I.Nc1ccc(SSc2ccc(N)cc2)cc1. The number of carbonyl (C=O) groups excluding carboxylic acids is 3. The lowest BCUT2D eigenvalue weighted by Crippen LogP contribution is -2.30. The van der Waals surface area contributed by atoms with Crippen molar-refractivity contribution < 1.29 is 14.4 Å². The number of benzene rings is 4. The molecule has 0 radical (unpaired) electrons. The van der Waals surface area contributed by atoms with Gasteiger partial charge in [0.2, 0.25) is 10.6 Å². The number of ketones is 1. The zero-order valence-electron chi connectivity index (χ0n) is 29.4. The molecule has 4 aromatic carbocycles. The van der Waals surface area contributed by atoms with Crippen LogP contribution in [0, 0.1) is 0 Å². The highest BCUT2D eigenvalue weighted by molar-refractivity contribution is 14.0. The second-order valence-electron chi connectivity index (χ2n) is 12.4. The van der Waals surface area contributed by atoms with Gasteiger partial charge in [-0.15, -0.1) is 24.0 Å². The fourth-order valence-corrected chi connectivity index (χ4v) is 7.27. The van der Waals surface area contributed by atoms with Gasteiger partial charge in [0.25, 0.3) is 0 Å². The van der Waals surface area contributed by atoms with Crippen LogP contribution < -0.4 is 16.8 Å². The Bertz CT molecular complexity index is 1600. The molecule has 0 spiro atoms. The maximum Gasteiger partial charge on any atom is 0.240 e. The van der Waals surface area contributed by atoms with Gasteiger partial charge >= 0.3 is 0 Å². The van der Waals surface area contributed by atoms with Crippen molar-refractivity contribution in [2.75, 3.05) is 16.8 Å². The Morgan fingerprint density at radius 2 is 0.865 bits per heavy atom. The van der Waals surface area contributed by atoms with Crippen molar-refractivity contribution in [2.24, 2.45) is 0 Å². The maximum atomic E-state index is 12.1. The van der Waals surface area contributed by atoms with Gasteiger partial charge in [-0.3, -0.25) is 14.4 Å². The van der Waals surface area contributed by atoms with E-state index in [2.05, 4.69) is 69.0 Å². The highest BCUT2D eigenvalue weighted by atomic mass is 127. The number of hydrogen-bond donors (Lipinski definition) is 3.